The van der Waals surface area contributed by atoms with Crippen LogP contribution in [0.3, 0.4) is 0 Å². The summed E-state index contributed by atoms with van der Waals surface area (Å²) in [5.74, 6) is 0. The van der Waals surface area contributed by atoms with Crippen LogP contribution in [0.1, 0.15) is 11.9 Å². The van der Waals surface area contributed by atoms with E-state index in [2.05, 4.69) is 10.0 Å². The first-order valence-corrected chi connectivity index (χ1v) is 7.93. The highest BCUT2D eigenvalue weighted by molar-refractivity contribution is 5.16. The summed E-state index contributed by atoms with van der Waals surface area (Å²) in [5.41, 5.74) is 9.88. The largest absolute Gasteiger partial charge is 0.359 e. The smallest absolute Gasteiger partial charge is 0.184 e. The Morgan fingerprint density at radius 3 is 2.72 bits per heavy atom. The van der Waals surface area contributed by atoms with Gasteiger partial charge in [-0.1, -0.05) is 35.4 Å². The minimum Gasteiger partial charge on any atom is -0.359 e. The lowest BCUT2D eigenvalue weighted by Crippen LogP contribution is -2.62. The molecule has 3 rings (SSSR count). The average molecular weight is 351 g/mol. The monoisotopic (exact) mass is 351 g/mol. The Balaban J connectivity index is 1.82. The standard InChI is InChI=1S/C16H21N3O6/c1-20-9-23-14-12(18-19-17)13-11(24-16(14)21-2)8-22-15(25-13)10-6-4-3-5-7-10/h3-7,11-16H,8-9H2,1-2H3/t11-,12-,13-,14+,15-,16+/m1/s1. The van der Waals surface area contributed by atoms with Crippen LogP contribution >= 0.6 is 0 Å². The molecule has 2 heterocycles. The Bertz CT molecular complexity index is 597. The first-order valence-electron chi connectivity index (χ1n) is 7.93. The van der Waals surface area contributed by atoms with Gasteiger partial charge in [-0.05, 0) is 5.53 Å². The summed E-state index contributed by atoms with van der Waals surface area (Å²) < 4.78 is 33.6. The van der Waals surface area contributed by atoms with Crippen molar-refractivity contribution in [3.05, 3.63) is 46.3 Å². The Morgan fingerprint density at radius 1 is 1.24 bits per heavy atom. The number of ether oxygens (including phenoxy) is 6. The van der Waals surface area contributed by atoms with Crippen molar-refractivity contribution in [3.63, 3.8) is 0 Å². The molecule has 6 atom stereocenters. The average Bonchev–Trinajstić information content (AvgIpc) is 2.67. The summed E-state index contributed by atoms with van der Waals surface area (Å²) in [6.07, 6.45) is -2.89. The number of methoxy groups -OCH3 is 2. The van der Waals surface area contributed by atoms with Crippen molar-refractivity contribution in [2.75, 3.05) is 27.6 Å². The molecule has 1 aromatic rings. The van der Waals surface area contributed by atoms with E-state index in [9.17, 15) is 0 Å². The summed E-state index contributed by atoms with van der Waals surface area (Å²) in [7, 11) is 3.01. The zero-order chi connectivity index (χ0) is 17.6. The maximum atomic E-state index is 9.00. The fraction of sp³-hybridized carbons (Fsp3) is 0.625. The molecule has 9 nitrogen and oxygen atoms in total. The van der Waals surface area contributed by atoms with Crippen LogP contribution < -0.4 is 0 Å². The minimum absolute atomic E-state index is 0.0152. The van der Waals surface area contributed by atoms with Crippen molar-refractivity contribution in [1.29, 1.82) is 0 Å². The van der Waals surface area contributed by atoms with Gasteiger partial charge in [0.2, 0.25) is 0 Å². The van der Waals surface area contributed by atoms with Crippen molar-refractivity contribution in [3.8, 4) is 0 Å². The first kappa shape index (κ1) is 18.1. The van der Waals surface area contributed by atoms with Gasteiger partial charge in [0, 0.05) is 24.7 Å². The van der Waals surface area contributed by atoms with Gasteiger partial charge >= 0.3 is 0 Å². The van der Waals surface area contributed by atoms with E-state index in [4.69, 9.17) is 34.0 Å². The topological polar surface area (TPSA) is 104 Å². The third-order valence-corrected chi connectivity index (χ3v) is 4.18. The SMILES string of the molecule is COCO[C@@H]1[C@@H](OC)O[C@@H]2CO[C@@H](c3ccccc3)O[C@H]2[C@H]1N=[N+]=[N-]. The first-order chi connectivity index (χ1) is 12.3. The van der Waals surface area contributed by atoms with E-state index < -0.39 is 36.9 Å². The molecule has 0 spiro atoms. The molecule has 9 heteroatoms. The van der Waals surface area contributed by atoms with Crippen LogP contribution in [0, 0.1) is 0 Å². The lowest BCUT2D eigenvalue weighted by atomic mass is 9.95. The van der Waals surface area contributed by atoms with Crippen LogP contribution in [0.4, 0.5) is 0 Å². The van der Waals surface area contributed by atoms with Crippen molar-refractivity contribution >= 4 is 0 Å². The quantitative estimate of drug-likeness (QED) is 0.337. The predicted molar refractivity (Wildman–Crippen MR) is 85.4 cm³/mol. The van der Waals surface area contributed by atoms with Crippen LogP contribution in [0.2, 0.25) is 0 Å². The number of fused-ring (bicyclic) bond motifs is 1. The summed E-state index contributed by atoms with van der Waals surface area (Å²) in [4.78, 5) is 2.95. The molecule has 0 saturated carbocycles. The highest BCUT2D eigenvalue weighted by atomic mass is 16.8. The molecule has 2 fully saturated rings. The van der Waals surface area contributed by atoms with Gasteiger partial charge in [0.1, 0.15) is 25.1 Å². The van der Waals surface area contributed by atoms with Gasteiger partial charge in [0.15, 0.2) is 12.6 Å². The fourth-order valence-corrected chi connectivity index (χ4v) is 3.05. The van der Waals surface area contributed by atoms with Crippen LogP contribution in [0.25, 0.3) is 10.4 Å². The molecule has 0 amide bonds. The number of rotatable bonds is 6. The Hall–Kier alpha value is -1.71. The van der Waals surface area contributed by atoms with Gasteiger partial charge in [-0.15, -0.1) is 0 Å². The Kier molecular flexibility index (Phi) is 6.22. The third-order valence-electron chi connectivity index (χ3n) is 4.18. The molecule has 0 bridgehead atoms. The number of nitrogens with zero attached hydrogens (tertiary/aromatic N) is 3. The maximum absolute atomic E-state index is 9.00. The van der Waals surface area contributed by atoms with Gasteiger partial charge in [0.05, 0.1) is 12.6 Å². The van der Waals surface area contributed by atoms with Gasteiger partial charge in [-0.2, -0.15) is 0 Å². The van der Waals surface area contributed by atoms with E-state index in [1.54, 1.807) is 0 Å². The predicted octanol–water partition coefficient (Wildman–Crippen LogP) is 2.14. The van der Waals surface area contributed by atoms with Crippen LogP contribution in [-0.2, 0) is 28.4 Å². The molecule has 1 aromatic carbocycles. The molecule has 0 N–H and O–H groups in total. The molecule has 0 unspecified atom stereocenters. The number of benzene rings is 1. The highest BCUT2D eigenvalue weighted by Gasteiger charge is 2.50. The van der Waals surface area contributed by atoms with E-state index >= 15 is 0 Å². The number of hydrogen-bond donors (Lipinski definition) is 0. The molecule has 0 radical (unpaired) electrons. The van der Waals surface area contributed by atoms with E-state index in [-0.39, 0.29) is 6.79 Å². The lowest BCUT2D eigenvalue weighted by molar-refractivity contribution is -0.346. The number of azide groups is 1. The van der Waals surface area contributed by atoms with Crippen molar-refractivity contribution in [2.24, 2.45) is 5.11 Å². The number of hydrogen-bond acceptors (Lipinski definition) is 7. The van der Waals surface area contributed by atoms with Crippen molar-refractivity contribution < 1.29 is 28.4 Å². The van der Waals surface area contributed by atoms with Gasteiger partial charge in [-0.25, -0.2) is 0 Å². The van der Waals surface area contributed by atoms with Crippen molar-refractivity contribution in [1.82, 2.24) is 0 Å². The summed E-state index contributed by atoms with van der Waals surface area (Å²) in [5, 5.41) is 3.89. The van der Waals surface area contributed by atoms with Crippen LogP contribution in [0.5, 0.6) is 0 Å². The van der Waals surface area contributed by atoms with E-state index in [1.165, 1.54) is 14.2 Å². The Morgan fingerprint density at radius 2 is 2.04 bits per heavy atom. The van der Waals surface area contributed by atoms with Gasteiger partial charge < -0.3 is 28.4 Å². The Labute approximate surface area is 145 Å². The molecular formula is C16H21N3O6. The second-order valence-electron chi connectivity index (χ2n) is 5.69. The molecule has 25 heavy (non-hydrogen) atoms. The van der Waals surface area contributed by atoms with Crippen molar-refractivity contribution in [2.45, 2.75) is 36.9 Å². The third kappa shape index (κ3) is 3.94. The zero-order valence-corrected chi connectivity index (χ0v) is 14.1. The fourth-order valence-electron chi connectivity index (χ4n) is 3.05. The lowest BCUT2D eigenvalue weighted by Gasteiger charge is -2.47. The zero-order valence-electron chi connectivity index (χ0n) is 14.1. The molecular weight excluding hydrogens is 330 g/mol. The van der Waals surface area contributed by atoms with Crippen LogP contribution in [0.15, 0.2) is 35.4 Å². The second-order valence-corrected chi connectivity index (χ2v) is 5.69. The highest BCUT2D eigenvalue weighted by Crippen LogP contribution is 2.36. The van der Waals surface area contributed by atoms with E-state index in [0.29, 0.717) is 6.61 Å². The van der Waals surface area contributed by atoms with E-state index in [1.807, 2.05) is 30.3 Å². The molecule has 2 saturated heterocycles. The summed E-state index contributed by atoms with van der Waals surface area (Å²) in [6, 6.07) is 8.91. The van der Waals surface area contributed by atoms with Gasteiger partial charge in [-0.3, -0.25) is 0 Å². The molecule has 2 aliphatic rings. The second kappa shape index (κ2) is 8.59. The summed E-state index contributed by atoms with van der Waals surface area (Å²) >= 11 is 0. The van der Waals surface area contributed by atoms with Gasteiger partial charge in [0.25, 0.3) is 0 Å². The molecule has 2 aliphatic heterocycles. The molecule has 136 valence electrons. The molecule has 0 aromatic heterocycles. The summed E-state index contributed by atoms with van der Waals surface area (Å²) in [6.45, 7) is 0.305. The van der Waals surface area contributed by atoms with E-state index in [0.717, 1.165) is 5.56 Å². The van der Waals surface area contributed by atoms with Crippen LogP contribution in [-0.4, -0.2) is 58.3 Å². The molecule has 0 aliphatic carbocycles. The normalized spacial score (nSPS) is 34.8. The minimum atomic E-state index is -0.715. The maximum Gasteiger partial charge on any atom is 0.184 e.